The minimum absolute atomic E-state index is 0.199. The van der Waals surface area contributed by atoms with E-state index in [1.807, 2.05) is 24.3 Å². The van der Waals surface area contributed by atoms with Crippen molar-refractivity contribution in [3.8, 4) is 5.75 Å². The molecule has 158 valence electrons. The van der Waals surface area contributed by atoms with Gasteiger partial charge >= 0.3 is 0 Å². The number of hydrogen-bond acceptors (Lipinski definition) is 5. The summed E-state index contributed by atoms with van der Waals surface area (Å²) >= 11 is 1.36. The molecule has 8 heteroatoms. The lowest BCUT2D eigenvalue weighted by atomic mass is 10.2. The summed E-state index contributed by atoms with van der Waals surface area (Å²) in [5.41, 5.74) is 1.25. The van der Waals surface area contributed by atoms with Gasteiger partial charge in [-0.15, -0.1) is 0 Å². The number of amides is 2. The van der Waals surface area contributed by atoms with Gasteiger partial charge < -0.3 is 19.0 Å². The number of benzene rings is 2. The molecule has 0 fully saturated rings. The summed E-state index contributed by atoms with van der Waals surface area (Å²) in [6, 6.07) is 17.5. The fourth-order valence-corrected chi connectivity index (χ4v) is 4.30. The van der Waals surface area contributed by atoms with Crippen molar-refractivity contribution in [1.82, 2.24) is 9.88 Å². The zero-order chi connectivity index (χ0) is 21.8. The van der Waals surface area contributed by atoms with Crippen molar-refractivity contribution in [3.63, 3.8) is 0 Å². The van der Waals surface area contributed by atoms with Crippen LogP contribution in [0.4, 0.5) is 0 Å². The third-order valence-electron chi connectivity index (χ3n) is 4.83. The Kier molecular flexibility index (Phi) is 5.99. The molecule has 2 aromatic heterocycles. The second-order valence-corrected chi connectivity index (χ2v) is 7.85. The highest BCUT2D eigenvalue weighted by molar-refractivity contribution is 7.16. The van der Waals surface area contributed by atoms with Gasteiger partial charge in [0, 0.05) is 5.56 Å². The number of fused-ring (bicyclic) bond motifs is 1. The van der Waals surface area contributed by atoms with Crippen LogP contribution < -0.4 is 14.9 Å². The number of nitrogens with zero attached hydrogens (tertiary/aromatic N) is 2. The minimum atomic E-state index is -0.581. The summed E-state index contributed by atoms with van der Waals surface area (Å²) in [6.07, 6.45) is 1.56. The summed E-state index contributed by atoms with van der Waals surface area (Å²) in [4.78, 5) is 30.5. The average molecular weight is 436 g/mol. The van der Waals surface area contributed by atoms with Crippen molar-refractivity contribution in [2.75, 3.05) is 7.11 Å². The quantitative estimate of drug-likeness (QED) is 0.497. The molecule has 0 radical (unpaired) electrons. The zero-order valence-electron chi connectivity index (χ0n) is 17.1. The van der Waals surface area contributed by atoms with Crippen LogP contribution in [0.5, 0.6) is 5.75 Å². The van der Waals surface area contributed by atoms with Gasteiger partial charge in [0.25, 0.3) is 5.91 Å². The monoisotopic (exact) mass is 435 g/mol. The molecule has 31 heavy (non-hydrogen) atoms. The molecule has 0 aliphatic rings. The molecule has 1 atom stereocenters. The van der Waals surface area contributed by atoms with Gasteiger partial charge in [-0.25, -0.2) is 0 Å². The van der Waals surface area contributed by atoms with Crippen LogP contribution in [0.2, 0.25) is 0 Å². The van der Waals surface area contributed by atoms with Crippen LogP contribution >= 0.6 is 11.3 Å². The maximum atomic E-state index is 12.9. The highest BCUT2D eigenvalue weighted by Crippen LogP contribution is 2.21. The first kappa shape index (κ1) is 20.6. The Labute approximate surface area is 182 Å². The van der Waals surface area contributed by atoms with Crippen LogP contribution in [0.3, 0.4) is 0 Å². The Morgan fingerprint density at radius 3 is 2.77 bits per heavy atom. The maximum Gasteiger partial charge on any atom is 0.279 e. The number of carbonyl (C=O) groups excluding carboxylic acids is 2. The van der Waals surface area contributed by atoms with Gasteiger partial charge in [0.2, 0.25) is 5.91 Å². The molecule has 0 aliphatic carbocycles. The lowest BCUT2D eigenvalue weighted by molar-refractivity contribution is -0.124. The normalized spacial score (nSPS) is 12.6. The van der Waals surface area contributed by atoms with Crippen LogP contribution in [-0.4, -0.2) is 23.5 Å². The number of carbonyl (C=O) groups is 2. The van der Waals surface area contributed by atoms with Gasteiger partial charge in [-0.05, 0) is 49.4 Å². The molecule has 2 aromatic carbocycles. The second-order valence-electron chi connectivity index (χ2n) is 6.84. The Morgan fingerprint density at radius 2 is 2.00 bits per heavy atom. The van der Waals surface area contributed by atoms with Crippen molar-refractivity contribution in [2.45, 2.75) is 19.5 Å². The Balaban J connectivity index is 1.70. The van der Waals surface area contributed by atoms with Gasteiger partial charge in [0.05, 0.1) is 30.1 Å². The van der Waals surface area contributed by atoms with E-state index in [2.05, 4.69) is 10.3 Å². The predicted molar refractivity (Wildman–Crippen MR) is 118 cm³/mol. The minimum Gasteiger partial charge on any atom is -0.497 e. The highest BCUT2D eigenvalue weighted by atomic mass is 32.1. The molecule has 7 nitrogen and oxygen atoms in total. The molecular weight excluding hydrogens is 414 g/mol. The first-order valence-electron chi connectivity index (χ1n) is 9.70. The fraction of sp³-hybridized carbons (Fsp3) is 0.174. The van der Waals surface area contributed by atoms with Crippen LogP contribution in [-0.2, 0) is 11.3 Å². The topological polar surface area (TPSA) is 85.8 Å². The zero-order valence-corrected chi connectivity index (χ0v) is 17.9. The number of ether oxygens (including phenoxy) is 1. The van der Waals surface area contributed by atoms with Crippen LogP contribution in [0.15, 0.2) is 76.3 Å². The van der Waals surface area contributed by atoms with E-state index >= 15 is 0 Å². The number of thiazole rings is 1. The molecule has 0 saturated carbocycles. The van der Waals surface area contributed by atoms with Gasteiger partial charge in [0.1, 0.15) is 17.6 Å². The molecule has 1 N–H and O–H groups in total. The smallest absolute Gasteiger partial charge is 0.279 e. The van der Waals surface area contributed by atoms with Crippen molar-refractivity contribution in [2.24, 2.45) is 4.99 Å². The molecule has 0 unspecified atom stereocenters. The van der Waals surface area contributed by atoms with Gasteiger partial charge in [-0.3, -0.25) is 9.59 Å². The SMILES string of the molecule is COc1cccc(C(=O)N=c2sc3ccccc3n2[C@@H](C)C(=O)NCc2ccco2)c1. The molecule has 0 saturated heterocycles. The maximum absolute atomic E-state index is 12.9. The number of aromatic nitrogens is 1. The largest absolute Gasteiger partial charge is 0.497 e. The number of furan rings is 1. The summed E-state index contributed by atoms with van der Waals surface area (Å²) in [7, 11) is 1.55. The number of methoxy groups -OCH3 is 1. The first-order valence-corrected chi connectivity index (χ1v) is 10.5. The van der Waals surface area contributed by atoms with Gasteiger partial charge in [-0.2, -0.15) is 4.99 Å². The summed E-state index contributed by atoms with van der Waals surface area (Å²) in [5.74, 6) is 0.646. The van der Waals surface area contributed by atoms with Gasteiger partial charge in [0.15, 0.2) is 4.80 Å². The molecule has 2 amide bonds. The summed E-state index contributed by atoms with van der Waals surface area (Å²) in [5, 5.41) is 2.87. The van der Waals surface area contributed by atoms with Crippen molar-refractivity contribution < 1.29 is 18.7 Å². The Morgan fingerprint density at radius 1 is 1.16 bits per heavy atom. The fourth-order valence-electron chi connectivity index (χ4n) is 3.20. The number of para-hydroxylation sites is 1. The molecule has 0 spiro atoms. The Bertz CT molecular complexity index is 1290. The standard InChI is InChI=1S/C23H21N3O4S/c1-15(21(27)24-14-18-9-6-12-30-18)26-19-10-3-4-11-20(19)31-23(26)25-22(28)16-7-5-8-17(13-16)29-2/h3-13,15H,14H2,1-2H3,(H,24,27)/t15-/m0/s1. The lowest BCUT2D eigenvalue weighted by Gasteiger charge is -2.14. The molecule has 0 aliphatic heterocycles. The van der Waals surface area contributed by atoms with Crippen LogP contribution in [0.1, 0.15) is 29.1 Å². The van der Waals surface area contributed by atoms with E-state index < -0.39 is 11.9 Å². The highest BCUT2D eigenvalue weighted by Gasteiger charge is 2.20. The third kappa shape index (κ3) is 4.44. The van der Waals surface area contributed by atoms with Gasteiger partial charge in [-0.1, -0.05) is 29.5 Å². The van der Waals surface area contributed by atoms with E-state index in [9.17, 15) is 9.59 Å². The van der Waals surface area contributed by atoms with Crippen molar-refractivity contribution >= 4 is 33.4 Å². The van der Waals surface area contributed by atoms with Crippen molar-refractivity contribution in [1.29, 1.82) is 0 Å². The van der Waals surface area contributed by atoms with E-state index in [0.29, 0.717) is 21.9 Å². The first-order chi connectivity index (χ1) is 15.1. The number of hydrogen-bond donors (Lipinski definition) is 1. The van der Waals surface area contributed by atoms with E-state index in [-0.39, 0.29) is 12.5 Å². The second kappa shape index (κ2) is 9.01. The van der Waals surface area contributed by atoms with E-state index in [1.54, 1.807) is 61.3 Å². The van der Waals surface area contributed by atoms with Crippen LogP contribution in [0.25, 0.3) is 10.2 Å². The average Bonchev–Trinajstić information content (AvgIpc) is 3.44. The van der Waals surface area contributed by atoms with E-state index in [0.717, 1.165) is 10.2 Å². The molecule has 4 rings (SSSR count). The summed E-state index contributed by atoms with van der Waals surface area (Å²) < 4.78 is 13.2. The molecular formula is C23H21N3O4S. The molecule has 4 aromatic rings. The number of nitrogens with one attached hydrogen (secondary N) is 1. The van der Waals surface area contributed by atoms with Crippen molar-refractivity contribution in [3.05, 3.63) is 83.1 Å². The summed E-state index contributed by atoms with van der Waals surface area (Å²) in [6.45, 7) is 2.07. The lowest BCUT2D eigenvalue weighted by Crippen LogP contribution is -2.34. The van der Waals surface area contributed by atoms with Crippen LogP contribution in [0, 0.1) is 0 Å². The molecule has 0 bridgehead atoms. The van der Waals surface area contributed by atoms with E-state index in [1.165, 1.54) is 11.3 Å². The third-order valence-corrected chi connectivity index (χ3v) is 5.87. The predicted octanol–water partition coefficient (Wildman–Crippen LogP) is 3.92. The van der Waals surface area contributed by atoms with E-state index in [4.69, 9.17) is 9.15 Å². The Hall–Kier alpha value is -3.65. The number of rotatable bonds is 6. The molecule has 2 heterocycles.